The lowest BCUT2D eigenvalue weighted by molar-refractivity contribution is 0.232. The number of benzene rings is 1. The van der Waals surface area contributed by atoms with E-state index in [4.69, 9.17) is 5.73 Å². The first-order valence-corrected chi connectivity index (χ1v) is 6.15. The molecule has 0 aliphatic carbocycles. The Balaban J connectivity index is 2.77. The molecule has 0 fully saturated rings. The molecule has 0 saturated carbocycles. The van der Waals surface area contributed by atoms with E-state index in [0.717, 1.165) is 6.07 Å². The van der Waals surface area contributed by atoms with Crippen molar-refractivity contribution in [3.63, 3.8) is 0 Å². The Hall–Kier alpha value is -1.12. The average Bonchev–Trinajstić information content (AvgIpc) is 2.27. The molecule has 0 aliphatic heterocycles. The van der Waals surface area contributed by atoms with Crippen LogP contribution in [0.1, 0.15) is 11.1 Å². The zero-order chi connectivity index (χ0) is 13.1. The lowest BCUT2D eigenvalue weighted by Crippen LogP contribution is -2.29. The smallest absolute Gasteiger partial charge is 0.326 e. The summed E-state index contributed by atoms with van der Waals surface area (Å²) >= 11 is 0. The second-order valence-electron chi connectivity index (χ2n) is 3.26. The Kier molecular flexibility index (Phi) is 4.49. The maximum absolute atomic E-state index is 13.3. The van der Waals surface area contributed by atoms with Crippen LogP contribution in [0.5, 0.6) is 0 Å². The third kappa shape index (κ3) is 3.69. The van der Waals surface area contributed by atoms with E-state index in [9.17, 15) is 21.6 Å². The molecular formula is C9H11F3N2O2S. The van der Waals surface area contributed by atoms with Crippen molar-refractivity contribution in [1.29, 1.82) is 0 Å². The SMILES string of the molecule is NCc1ccc(CNS(=O)(=O)C(F)F)c(F)c1. The third-order valence-corrected chi connectivity index (χ3v) is 3.07. The molecule has 0 amide bonds. The summed E-state index contributed by atoms with van der Waals surface area (Å²) in [5, 5.41) is 0. The van der Waals surface area contributed by atoms with E-state index in [-0.39, 0.29) is 12.1 Å². The fourth-order valence-electron chi connectivity index (χ4n) is 1.10. The molecule has 0 radical (unpaired) electrons. The Morgan fingerprint density at radius 2 is 2.00 bits per heavy atom. The van der Waals surface area contributed by atoms with Crippen molar-refractivity contribution in [2.24, 2.45) is 5.73 Å². The molecule has 0 atom stereocenters. The topological polar surface area (TPSA) is 72.2 Å². The molecule has 96 valence electrons. The molecule has 1 aromatic rings. The van der Waals surface area contributed by atoms with Gasteiger partial charge in [-0.05, 0) is 11.6 Å². The zero-order valence-corrected chi connectivity index (χ0v) is 9.48. The molecule has 17 heavy (non-hydrogen) atoms. The van der Waals surface area contributed by atoms with Crippen LogP contribution in [0.3, 0.4) is 0 Å². The van der Waals surface area contributed by atoms with Gasteiger partial charge in [-0.15, -0.1) is 0 Å². The fourth-order valence-corrected chi connectivity index (χ4v) is 1.59. The largest absolute Gasteiger partial charge is 0.350 e. The lowest BCUT2D eigenvalue weighted by atomic mass is 10.1. The second kappa shape index (κ2) is 5.48. The summed E-state index contributed by atoms with van der Waals surface area (Å²) in [7, 11) is -4.70. The van der Waals surface area contributed by atoms with E-state index in [0.29, 0.717) is 5.56 Å². The quantitative estimate of drug-likeness (QED) is 0.834. The maximum Gasteiger partial charge on any atom is 0.350 e. The van der Waals surface area contributed by atoms with Crippen LogP contribution in [0.2, 0.25) is 0 Å². The fraction of sp³-hybridized carbons (Fsp3) is 0.333. The minimum atomic E-state index is -4.70. The van der Waals surface area contributed by atoms with Crippen LogP contribution < -0.4 is 10.5 Å². The summed E-state index contributed by atoms with van der Waals surface area (Å²) in [4.78, 5) is 0. The van der Waals surface area contributed by atoms with Gasteiger partial charge in [0.05, 0.1) is 0 Å². The molecule has 1 rings (SSSR count). The van der Waals surface area contributed by atoms with Gasteiger partial charge in [0.2, 0.25) is 0 Å². The van der Waals surface area contributed by atoms with E-state index < -0.39 is 28.1 Å². The van der Waals surface area contributed by atoms with Crippen LogP contribution in [0.25, 0.3) is 0 Å². The third-order valence-electron chi connectivity index (χ3n) is 2.05. The Bertz CT molecular complexity index is 491. The van der Waals surface area contributed by atoms with Crippen molar-refractivity contribution in [1.82, 2.24) is 4.72 Å². The van der Waals surface area contributed by atoms with Crippen LogP contribution in [-0.4, -0.2) is 14.2 Å². The van der Waals surface area contributed by atoms with Gasteiger partial charge >= 0.3 is 5.76 Å². The standard InChI is InChI=1S/C9H11F3N2O2S/c10-8-3-6(4-13)1-2-7(8)5-14-17(15,16)9(11)12/h1-3,9,14H,4-5,13H2. The predicted molar refractivity (Wildman–Crippen MR) is 56.1 cm³/mol. The highest BCUT2D eigenvalue weighted by Crippen LogP contribution is 2.11. The number of hydrogen-bond donors (Lipinski definition) is 2. The predicted octanol–water partition coefficient (Wildman–Crippen LogP) is 0.926. The highest BCUT2D eigenvalue weighted by Gasteiger charge is 2.23. The molecule has 4 nitrogen and oxygen atoms in total. The van der Waals surface area contributed by atoms with Gasteiger partial charge in [-0.3, -0.25) is 0 Å². The zero-order valence-electron chi connectivity index (χ0n) is 8.66. The molecule has 0 spiro atoms. The molecule has 0 bridgehead atoms. The Morgan fingerprint density at radius 3 is 2.47 bits per heavy atom. The van der Waals surface area contributed by atoms with Crippen molar-refractivity contribution in [2.45, 2.75) is 18.8 Å². The number of rotatable bonds is 5. The summed E-state index contributed by atoms with van der Waals surface area (Å²) in [6.07, 6.45) is 0. The lowest BCUT2D eigenvalue weighted by Gasteiger charge is -2.07. The van der Waals surface area contributed by atoms with Gasteiger partial charge in [-0.2, -0.15) is 8.78 Å². The average molecular weight is 268 g/mol. The first-order chi connectivity index (χ1) is 7.86. The number of alkyl halides is 2. The number of halogens is 3. The van der Waals surface area contributed by atoms with Gasteiger partial charge in [0.15, 0.2) is 0 Å². The second-order valence-corrected chi connectivity index (χ2v) is 4.99. The minimum Gasteiger partial charge on any atom is -0.326 e. The highest BCUT2D eigenvalue weighted by atomic mass is 32.2. The van der Waals surface area contributed by atoms with Gasteiger partial charge in [0, 0.05) is 18.7 Å². The van der Waals surface area contributed by atoms with Gasteiger partial charge in [-0.25, -0.2) is 17.5 Å². The minimum absolute atomic E-state index is 0.0218. The molecular weight excluding hydrogens is 257 g/mol. The molecule has 3 N–H and O–H groups in total. The Labute approximate surface area is 96.7 Å². The van der Waals surface area contributed by atoms with E-state index >= 15 is 0 Å². The van der Waals surface area contributed by atoms with Crippen LogP contribution in [0.15, 0.2) is 18.2 Å². The number of hydrogen-bond acceptors (Lipinski definition) is 3. The van der Waals surface area contributed by atoms with Crippen molar-refractivity contribution < 1.29 is 21.6 Å². The van der Waals surface area contributed by atoms with Gasteiger partial charge in [0.25, 0.3) is 10.0 Å². The number of sulfonamides is 1. The highest BCUT2D eigenvalue weighted by molar-refractivity contribution is 7.89. The van der Waals surface area contributed by atoms with Crippen LogP contribution in [0, 0.1) is 5.82 Å². The monoisotopic (exact) mass is 268 g/mol. The first-order valence-electron chi connectivity index (χ1n) is 4.61. The molecule has 0 aliphatic rings. The summed E-state index contributed by atoms with van der Waals surface area (Å²) in [6, 6.07) is 3.92. The maximum atomic E-state index is 13.3. The normalized spacial score (nSPS) is 12.1. The van der Waals surface area contributed by atoms with Gasteiger partial charge in [-0.1, -0.05) is 12.1 Å². The van der Waals surface area contributed by atoms with Crippen LogP contribution >= 0.6 is 0 Å². The molecule has 0 unspecified atom stereocenters. The Morgan fingerprint density at radius 1 is 1.35 bits per heavy atom. The van der Waals surface area contributed by atoms with Crippen LogP contribution in [0.4, 0.5) is 13.2 Å². The summed E-state index contributed by atoms with van der Waals surface area (Å²) < 4.78 is 60.4. The van der Waals surface area contributed by atoms with E-state index in [2.05, 4.69) is 0 Å². The molecule has 0 heterocycles. The van der Waals surface area contributed by atoms with Crippen molar-refractivity contribution >= 4 is 10.0 Å². The summed E-state index contributed by atoms with van der Waals surface area (Å²) in [5.41, 5.74) is 5.78. The van der Waals surface area contributed by atoms with E-state index in [1.165, 1.54) is 12.1 Å². The van der Waals surface area contributed by atoms with Crippen molar-refractivity contribution in [2.75, 3.05) is 0 Å². The van der Waals surface area contributed by atoms with Crippen molar-refractivity contribution in [3.8, 4) is 0 Å². The molecule has 0 aromatic heterocycles. The summed E-state index contributed by atoms with van der Waals surface area (Å²) in [6.45, 7) is -0.386. The molecule has 0 saturated heterocycles. The van der Waals surface area contributed by atoms with Crippen LogP contribution in [-0.2, 0) is 23.1 Å². The van der Waals surface area contributed by atoms with E-state index in [1.807, 2.05) is 0 Å². The summed E-state index contributed by atoms with van der Waals surface area (Å²) in [5.74, 6) is -4.22. The van der Waals surface area contributed by atoms with Crippen molar-refractivity contribution in [3.05, 3.63) is 35.1 Å². The number of nitrogens with one attached hydrogen (secondary N) is 1. The van der Waals surface area contributed by atoms with E-state index in [1.54, 1.807) is 4.72 Å². The number of nitrogens with two attached hydrogens (primary N) is 1. The molecule has 1 aromatic carbocycles. The molecule has 8 heteroatoms. The first kappa shape index (κ1) is 13.9. The van der Waals surface area contributed by atoms with Gasteiger partial charge < -0.3 is 5.73 Å². The van der Waals surface area contributed by atoms with Gasteiger partial charge in [0.1, 0.15) is 5.82 Å².